The van der Waals surface area contributed by atoms with E-state index < -0.39 is 59.6 Å². The molecule has 5 heterocycles. The maximum absolute atomic E-state index is 15.5. The Balaban J connectivity index is 0.889. The van der Waals surface area contributed by atoms with Crippen LogP contribution in [0.5, 0.6) is 0 Å². The molecule has 4 saturated heterocycles. The molecule has 2 aromatic carbocycles. The number of ether oxygens (including phenoxy) is 1. The number of carbonyl (C=O) groups is 8. The molecule has 7 rings (SSSR count). The van der Waals surface area contributed by atoms with Gasteiger partial charge in [0.2, 0.25) is 29.5 Å². The molecule has 0 radical (unpaired) electrons. The number of fused-ring (bicyclic) bond motifs is 1. The van der Waals surface area contributed by atoms with Crippen LogP contribution in [0.3, 0.4) is 0 Å². The summed E-state index contributed by atoms with van der Waals surface area (Å²) in [5.74, 6) is -3.95. The number of hydrogen-bond acceptors (Lipinski definition) is 11. The van der Waals surface area contributed by atoms with E-state index in [1.807, 2.05) is 49.1 Å². The number of halogens is 1. The standard InChI is InChI=1S/C46H57FN8O9/c1-28(2)22-36(50-46(63)64-27-30-6-4-3-5-7-30)42(59)49-32(23-31-12-15-48-41(31)58)8-11-40(57)54-20-18-52(19-21-54)26-29-13-16-53(17-14-29)38-25-34-33(24-35(38)47)44(61)55(45(34)62)37-9-10-39(56)51-43(37)60/h3-8,11,24-25,28-29,31-32,36-37H,9-10,12-23,26-27H2,1-2H3,(H,48,58)(H,49,59)(H,50,63)(H,51,56,60). The number of amides is 8. The molecule has 0 aromatic heterocycles. The van der Waals surface area contributed by atoms with E-state index in [2.05, 4.69) is 26.2 Å². The van der Waals surface area contributed by atoms with Crippen molar-refractivity contribution >= 4 is 53.1 Å². The van der Waals surface area contributed by atoms with Crippen LogP contribution >= 0.6 is 0 Å². The van der Waals surface area contributed by atoms with Gasteiger partial charge in [-0.25, -0.2) is 9.18 Å². The van der Waals surface area contributed by atoms with Crippen molar-refractivity contribution in [3.63, 3.8) is 0 Å². The molecular formula is C46H57FN8O9. The van der Waals surface area contributed by atoms with Gasteiger partial charge in [0, 0.05) is 76.8 Å². The molecule has 8 amide bonds. The molecule has 0 spiro atoms. The third-order valence-electron chi connectivity index (χ3n) is 12.7. The molecule has 17 nitrogen and oxygen atoms in total. The molecule has 4 atom stereocenters. The van der Waals surface area contributed by atoms with Crippen molar-refractivity contribution in [2.24, 2.45) is 17.8 Å². The van der Waals surface area contributed by atoms with E-state index in [4.69, 9.17) is 4.74 Å². The van der Waals surface area contributed by atoms with Gasteiger partial charge >= 0.3 is 6.09 Å². The van der Waals surface area contributed by atoms with E-state index in [0.717, 1.165) is 35.9 Å². The van der Waals surface area contributed by atoms with E-state index in [1.54, 1.807) is 11.0 Å². The topological polar surface area (TPSA) is 207 Å². The van der Waals surface area contributed by atoms with Gasteiger partial charge in [0.25, 0.3) is 11.8 Å². The minimum absolute atomic E-state index is 0.00646. The van der Waals surface area contributed by atoms with Crippen molar-refractivity contribution in [3.8, 4) is 0 Å². The third kappa shape index (κ3) is 11.1. The number of nitrogens with zero attached hydrogens (tertiary/aromatic N) is 4. The molecule has 342 valence electrons. The van der Waals surface area contributed by atoms with Crippen LogP contribution in [-0.4, -0.2) is 133 Å². The Hall–Kier alpha value is -6.17. The highest BCUT2D eigenvalue weighted by Crippen LogP contribution is 2.34. The third-order valence-corrected chi connectivity index (χ3v) is 12.7. The number of anilines is 1. The van der Waals surface area contributed by atoms with Crippen molar-refractivity contribution in [2.45, 2.75) is 83.5 Å². The van der Waals surface area contributed by atoms with Crippen LogP contribution in [-0.2, 0) is 35.3 Å². The zero-order chi connectivity index (χ0) is 45.5. The van der Waals surface area contributed by atoms with Crippen LogP contribution in [0.1, 0.15) is 85.1 Å². The van der Waals surface area contributed by atoms with Crippen molar-refractivity contribution in [2.75, 3.05) is 57.3 Å². The lowest BCUT2D eigenvalue weighted by Gasteiger charge is -2.39. The number of benzene rings is 2. The fraction of sp³-hybridized carbons (Fsp3) is 0.522. The maximum Gasteiger partial charge on any atom is 0.408 e. The lowest BCUT2D eigenvalue weighted by Crippen LogP contribution is -2.54. The molecule has 4 fully saturated rings. The van der Waals surface area contributed by atoms with Crippen LogP contribution < -0.4 is 26.2 Å². The van der Waals surface area contributed by atoms with E-state index in [1.165, 1.54) is 12.1 Å². The Kier molecular flexibility index (Phi) is 14.7. The number of nitrogens with one attached hydrogen (secondary N) is 4. The highest BCUT2D eigenvalue weighted by atomic mass is 19.1. The summed E-state index contributed by atoms with van der Waals surface area (Å²) in [7, 11) is 0. The second-order valence-electron chi connectivity index (χ2n) is 17.7. The predicted octanol–water partition coefficient (Wildman–Crippen LogP) is 2.50. The van der Waals surface area contributed by atoms with Crippen molar-refractivity contribution in [3.05, 3.63) is 77.1 Å². The molecule has 0 saturated carbocycles. The Bertz CT molecular complexity index is 2150. The molecular weight excluding hydrogens is 828 g/mol. The SMILES string of the molecule is CC(C)CC(NC(=O)OCc1ccccc1)C(=O)NC(C=CC(=O)N1CCN(CC2CCN(c3cc4c(cc3F)C(=O)N(C3CCC(=O)NC3=O)C4=O)CC2)CC1)CC1CCNC1=O. The summed E-state index contributed by atoms with van der Waals surface area (Å²) >= 11 is 0. The van der Waals surface area contributed by atoms with Crippen LogP contribution in [0.25, 0.3) is 0 Å². The van der Waals surface area contributed by atoms with Gasteiger partial charge in [-0.15, -0.1) is 0 Å². The molecule has 5 aliphatic rings. The number of imide groups is 2. The van der Waals surface area contributed by atoms with Gasteiger partial charge in [-0.3, -0.25) is 48.7 Å². The summed E-state index contributed by atoms with van der Waals surface area (Å²) in [5.41, 5.74) is 0.979. The second kappa shape index (κ2) is 20.6. The minimum atomic E-state index is -1.13. The highest BCUT2D eigenvalue weighted by molar-refractivity contribution is 6.23. The average molecular weight is 885 g/mol. The Morgan fingerprint density at radius 3 is 2.23 bits per heavy atom. The quantitative estimate of drug-likeness (QED) is 0.151. The Morgan fingerprint density at radius 2 is 1.58 bits per heavy atom. The molecule has 0 bridgehead atoms. The zero-order valence-corrected chi connectivity index (χ0v) is 36.3. The van der Waals surface area contributed by atoms with Crippen molar-refractivity contribution in [1.29, 1.82) is 0 Å². The number of piperazine rings is 1. The summed E-state index contributed by atoms with van der Waals surface area (Å²) in [6.45, 7) is 8.65. The summed E-state index contributed by atoms with van der Waals surface area (Å²) in [6, 6.07) is 9.01. The summed E-state index contributed by atoms with van der Waals surface area (Å²) in [5, 5.41) is 10.7. The molecule has 5 aliphatic heterocycles. The Morgan fingerprint density at radius 1 is 0.875 bits per heavy atom. The first kappa shape index (κ1) is 45.8. The fourth-order valence-corrected chi connectivity index (χ4v) is 9.15. The first-order chi connectivity index (χ1) is 30.7. The smallest absolute Gasteiger partial charge is 0.408 e. The van der Waals surface area contributed by atoms with Crippen LogP contribution in [0.15, 0.2) is 54.6 Å². The monoisotopic (exact) mass is 884 g/mol. The highest BCUT2D eigenvalue weighted by Gasteiger charge is 2.45. The number of carbonyl (C=O) groups excluding carboxylic acids is 8. The molecule has 64 heavy (non-hydrogen) atoms. The van der Waals surface area contributed by atoms with Gasteiger partial charge in [-0.05, 0) is 68.1 Å². The van der Waals surface area contributed by atoms with Crippen molar-refractivity contribution < 1.29 is 47.5 Å². The van der Waals surface area contributed by atoms with E-state index in [9.17, 15) is 38.4 Å². The minimum Gasteiger partial charge on any atom is -0.445 e. The normalized spacial score (nSPS) is 21.8. The molecule has 18 heteroatoms. The number of hydrogen-bond donors (Lipinski definition) is 4. The number of alkyl carbamates (subject to hydrolysis) is 1. The van der Waals surface area contributed by atoms with Gasteiger partial charge in [0.1, 0.15) is 24.5 Å². The van der Waals surface area contributed by atoms with Gasteiger partial charge in [0.15, 0.2) is 0 Å². The van der Waals surface area contributed by atoms with Crippen LogP contribution in [0, 0.1) is 23.6 Å². The van der Waals surface area contributed by atoms with Gasteiger partial charge < -0.3 is 30.5 Å². The molecule has 0 aliphatic carbocycles. The van der Waals surface area contributed by atoms with Gasteiger partial charge in [-0.1, -0.05) is 50.3 Å². The van der Waals surface area contributed by atoms with Gasteiger partial charge in [0.05, 0.1) is 16.8 Å². The number of piperidine rings is 2. The molecule has 4 unspecified atom stereocenters. The van der Waals surface area contributed by atoms with E-state index >= 15 is 4.39 Å². The summed E-state index contributed by atoms with van der Waals surface area (Å²) in [6.07, 6.45) is 5.16. The first-order valence-electron chi connectivity index (χ1n) is 22.3. The largest absolute Gasteiger partial charge is 0.445 e. The van der Waals surface area contributed by atoms with Crippen LogP contribution in [0.2, 0.25) is 0 Å². The predicted molar refractivity (Wildman–Crippen MR) is 231 cm³/mol. The average Bonchev–Trinajstić information content (AvgIpc) is 3.79. The lowest BCUT2D eigenvalue weighted by atomic mass is 9.95. The van der Waals surface area contributed by atoms with Gasteiger partial charge in [-0.2, -0.15) is 0 Å². The fourth-order valence-electron chi connectivity index (χ4n) is 9.15. The number of rotatable bonds is 15. The second-order valence-corrected chi connectivity index (χ2v) is 17.7. The first-order valence-corrected chi connectivity index (χ1v) is 22.3. The van der Waals surface area contributed by atoms with Crippen LogP contribution in [0.4, 0.5) is 14.9 Å². The van der Waals surface area contributed by atoms with E-state index in [0.29, 0.717) is 71.0 Å². The zero-order valence-electron chi connectivity index (χ0n) is 36.3. The Labute approximate surface area is 371 Å². The summed E-state index contributed by atoms with van der Waals surface area (Å²) < 4.78 is 20.9. The molecule has 4 N–H and O–H groups in total. The van der Waals surface area contributed by atoms with Crippen molar-refractivity contribution in [1.82, 2.24) is 36.0 Å². The molecule has 2 aromatic rings. The van der Waals surface area contributed by atoms with E-state index in [-0.39, 0.29) is 59.9 Å². The maximum atomic E-state index is 15.5. The lowest BCUT2D eigenvalue weighted by molar-refractivity contribution is -0.136. The summed E-state index contributed by atoms with van der Waals surface area (Å²) in [4.78, 5) is 110.